The standard InChI is InChI=1S/C15H26N4O/c1-2-10-20-15-13(16)14(18-11-19-15)17-9-5-8-12-6-3-4-7-12/h11-12H,2-10,16H2,1H3,(H,17,18,19). The minimum absolute atomic E-state index is 0.486. The zero-order valence-electron chi connectivity index (χ0n) is 12.4. The van der Waals surface area contributed by atoms with Crippen LogP contribution in [0.3, 0.4) is 0 Å². The number of aromatic nitrogens is 2. The number of rotatable bonds is 8. The minimum Gasteiger partial charge on any atom is -0.476 e. The summed E-state index contributed by atoms with van der Waals surface area (Å²) >= 11 is 0. The number of anilines is 2. The number of nitrogens with zero attached hydrogens (tertiary/aromatic N) is 2. The zero-order chi connectivity index (χ0) is 14.2. The first kappa shape index (κ1) is 14.9. The predicted octanol–water partition coefficient (Wildman–Crippen LogP) is 3.23. The highest BCUT2D eigenvalue weighted by molar-refractivity contribution is 5.66. The van der Waals surface area contributed by atoms with Gasteiger partial charge in [-0.05, 0) is 25.2 Å². The number of hydrogen-bond acceptors (Lipinski definition) is 5. The van der Waals surface area contributed by atoms with Gasteiger partial charge in [-0.3, -0.25) is 0 Å². The van der Waals surface area contributed by atoms with Crippen LogP contribution in [-0.4, -0.2) is 23.1 Å². The second-order valence-electron chi connectivity index (χ2n) is 5.51. The van der Waals surface area contributed by atoms with Crippen LogP contribution < -0.4 is 15.8 Å². The Morgan fingerprint density at radius 1 is 1.35 bits per heavy atom. The summed E-state index contributed by atoms with van der Waals surface area (Å²) in [5, 5.41) is 3.30. The van der Waals surface area contributed by atoms with E-state index in [2.05, 4.69) is 22.2 Å². The van der Waals surface area contributed by atoms with Crippen molar-refractivity contribution in [3.63, 3.8) is 0 Å². The molecule has 1 aliphatic carbocycles. The van der Waals surface area contributed by atoms with Crippen molar-refractivity contribution in [1.82, 2.24) is 9.97 Å². The van der Waals surface area contributed by atoms with E-state index in [4.69, 9.17) is 10.5 Å². The van der Waals surface area contributed by atoms with E-state index < -0.39 is 0 Å². The Bertz CT molecular complexity index is 405. The highest BCUT2D eigenvalue weighted by atomic mass is 16.5. The number of ether oxygens (including phenoxy) is 1. The molecule has 0 spiro atoms. The van der Waals surface area contributed by atoms with E-state index >= 15 is 0 Å². The molecule has 3 N–H and O–H groups in total. The Labute approximate surface area is 121 Å². The third-order valence-corrected chi connectivity index (χ3v) is 3.85. The second-order valence-corrected chi connectivity index (χ2v) is 5.51. The summed E-state index contributed by atoms with van der Waals surface area (Å²) in [5.74, 6) is 2.11. The van der Waals surface area contributed by atoms with Crippen LogP contribution in [0.5, 0.6) is 5.88 Å². The fraction of sp³-hybridized carbons (Fsp3) is 0.733. The van der Waals surface area contributed by atoms with Crippen LogP contribution in [0.2, 0.25) is 0 Å². The third-order valence-electron chi connectivity index (χ3n) is 3.85. The first-order valence-corrected chi connectivity index (χ1v) is 7.78. The third kappa shape index (κ3) is 4.25. The monoisotopic (exact) mass is 278 g/mol. The lowest BCUT2D eigenvalue weighted by molar-refractivity contribution is 0.306. The molecule has 0 bridgehead atoms. The van der Waals surface area contributed by atoms with Crippen molar-refractivity contribution in [2.75, 3.05) is 24.2 Å². The second kappa shape index (κ2) is 7.92. The van der Waals surface area contributed by atoms with E-state index in [9.17, 15) is 0 Å². The number of nitrogens with one attached hydrogen (secondary N) is 1. The summed E-state index contributed by atoms with van der Waals surface area (Å²) in [4.78, 5) is 8.26. The maximum Gasteiger partial charge on any atom is 0.242 e. The van der Waals surface area contributed by atoms with E-state index in [1.807, 2.05) is 0 Å². The first-order valence-electron chi connectivity index (χ1n) is 7.78. The lowest BCUT2D eigenvalue weighted by atomic mass is 10.0. The molecule has 112 valence electrons. The van der Waals surface area contributed by atoms with Crippen molar-refractivity contribution < 1.29 is 4.74 Å². The van der Waals surface area contributed by atoms with Gasteiger partial charge in [-0.25, -0.2) is 4.98 Å². The van der Waals surface area contributed by atoms with E-state index in [0.717, 1.165) is 18.9 Å². The van der Waals surface area contributed by atoms with Gasteiger partial charge in [0.15, 0.2) is 5.82 Å². The molecule has 0 amide bonds. The van der Waals surface area contributed by atoms with Gasteiger partial charge in [0.25, 0.3) is 0 Å². The Hall–Kier alpha value is -1.52. The van der Waals surface area contributed by atoms with Crippen LogP contribution in [0, 0.1) is 5.92 Å². The number of nitrogens with two attached hydrogens (primary N) is 1. The van der Waals surface area contributed by atoms with Crippen LogP contribution in [0.25, 0.3) is 0 Å². The van der Waals surface area contributed by atoms with Gasteiger partial charge in [-0.15, -0.1) is 0 Å². The van der Waals surface area contributed by atoms with Gasteiger partial charge < -0.3 is 15.8 Å². The maximum absolute atomic E-state index is 6.02. The smallest absolute Gasteiger partial charge is 0.242 e. The van der Waals surface area contributed by atoms with Gasteiger partial charge in [-0.2, -0.15) is 4.98 Å². The first-order chi connectivity index (χ1) is 9.81. The number of nitrogen functional groups attached to an aromatic ring is 1. The van der Waals surface area contributed by atoms with E-state index in [0.29, 0.717) is 24.0 Å². The normalized spacial score (nSPS) is 15.4. The Kier molecular flexibility index (Phi) is 5.89. The molecule has 0 saturated heterocycles. The molecule has 1 saturated carbocycles. The van der Waals surface area contributed by atoms with Crippen molar-refractivity contribution in [3.8, 4) is 5.88 Å². The van der Waals surface area contributed by atoms with Crippen molar-refractivity contribution in [2.45, 2.75) is 51.9 Å². The molecule has 0 aliphatic heterocycles. The highest BCUT2D eigenvalue weighted by Crippen LogP contribution is 2.29. The quantitative estimate of drug-likeness (QED) is 0.714. The van der Waals surface area contributed by atoms with Gasteiger partial charge in [0.1, 0.15) is 12.0 Å². The fourth-order valence-electron chi connectivity index (χ4n) is 2.73. The molecule has 1 fully saturated rings. The van der Waals surface area contributed by atoms with E-state index in [-0.39, 0.29) is 0 Å². The molecule has 1 aromatic rings. The maximum atomic E-state index is 6.02. The van der Waals surface area contributed by atoms with Crippen LogP contribution in [0.4, 0.5) is 11.5 Å². The summed E-state index contributed by atoms with van der Waals surface area (Å²) in [6.45, 7) is 3.59. The van der Waals surface area contributed by atoms with E-state index in [1.165, 1.54) is 44.9 Å². The molecule has 0 radical (unpaired) electrons. The van der Waals surface area contributed by atoms with Crippen molar-refractivity contribution in [1.29, 1.82) is 0 Å². The van der Waals surface area contributed by atoms with Gasteiger partial charge in [0.2, 0.25) is 5.88 Å². The topological polar surface area (TPSA) is 73.1 Å². The Morgan fingerprint density at radius 2 is 2.15 bits per heavy atom. The van der Waals surface area contributed by atoms with Crippen molar-refractivity contribution in [2.24, 2.45) is 5.92 Å². The largest absolute Gasteiger partial charge is 0.476 e. The molecule has 1 heterocycles. The molecule has 0 unspecified atom stereocenters. The van der Waals surface area contributed by atoms with Gasteiger partial charge in [-0.1, -0.05) is 32.6 Å². The van der Waals surface area contributed by atoms with Crippen LogP contribution in [-0.2, 0) is 0 Å². The zero-order valence-corrected chi connectivity index (χ0v) is 12.4. The summed E-state index contributed by atoms with van der Waals surface area (Å²) in [7, 11) is 0. The summed E-state index contributed by atoms with van der Waals surface area (Å²) in [6, 6.07) is 0. The molecule has 0 atom stereocenters. The molecule has 5 heteroatoms. The molecule has 1 aliphatic rings. The van der Waals surface area contributed by atoms with Crippen molar-refractivity contribution >= 4 is 11.5 Å². The summed E-state index contributed by atoms with van der Waals surface area (Å²) < 4.78 is 5.50. The highest BCUT2D eigenvalue weighted by Gasteiger charge is 2.14. The summed E-state index contributed by atoms with van der Waals surface area (Å²) in [5.41, 5.74) is 6.53. The van der Waals surface area contributed by atoms with Gasteiger partial charge in [0, 0.05) is 6.54 Å². The molecule has 2 rings (SSSR count). The summed E-state index contributed by atoms with van der Waals surface area (Å²) in [6.07, 6.45) is 10.5. The van der Waals surface area contributed by atoms with Crippen LogP contribution >= 0.6 is 0 Å². The average molecular weight is 278 g/mol. The SMILES string of the molecule is CCCOc1ncnc(NCCCC2CCCC2)c1N. The van der Waals surface area contributed by atoms with Crippen LogP contribution in [0.15, 0.2) is 6.33 Å². The minimum atomic E-state index is 0.486. The lowest BCUT2D eigenvalue weighted by Crippen LogP contribution is -2.10. The lowest BCUT2D eigenvalue weighted by Gasteiger charge is -2.12. The molecule has 20 heavy (non-hydrogen) atoms. The van der Waals surface area contributed by atoms with Gasteiger partial charge in [0.05, 0.1) is 6.61 Å². The molecule has 1 aromatic heterocycles. The Balaban J connectivity index is 1.76. The molecular formula is C15H26N4O. The average Bonchev–Trinajstić information content (AvgIpc) is 2.97. The Morgan fingerprint density at radius 3 is 2.90 bits per heavy atom. The predicted molar refractivity (Wildman–Crippen MR) is 81.9 cm³/mol. The molecular weight excluding hydrogens is 252 g/mol. The van der Waals surface area contributed by atoms with Gasteiger partial charge >= 0.3 is 0 Å². The molecule has 0 aromatic carbocycles. The number of hydrogen-bond donors (Lipinski definition) is 2. The van der Waals surface area contributed by atoms with Crippen molar-refractivity contribution in [3.05, 3.63) is 6.33 Å². The molecule has 5 nitrogen and oxygen atoms in total. The fourth-order valence-corrected chi connectivity index (χ4v) is 2.73. The van der Waals surface area contributed by atoms with E-state index in [1.54, 1.807) is 0 Å². The van der Waals surface area contributed by atoms with Crippen LogP contribution in [0.1, 0.15) is 51.9 Å².